The van der Waals surface area contributed by atoms with E-state index in [2.05, 4.69) is 47.9 Å². The van der Waals surface area contributed by atoms with Crippen molar-refractivity contribution in [2.45, 2.75) is 13.3 Å². The molecule has 0 aliphatic carbocycles. The van der Waals surface area contributed by atoms with Gasteiger partial charge in [0, 0.05) is 28.4 Å². The average molecular weight is 474 g/mol. The highest BCUT2D eigenvalue weighted by Crippen LogP contribution is 2.33. The van der Waals surface area contributed by atoms with Gasteiger partial charge in [0.15, 0.2) is 0 Å². The minimum atomic E-state index is -0.0973. The number of hydrogen-bond acceptors (Lipinski definition) is 5. The minimum absolute atomic E-state index is 0.0973. The zero-order valence-corrected chi connectivity index (χ0v) is 19.5. The van der Waals surface area contributed by atoms with Crippen molar-refractivity contribution in [3.05, 3.63) is 96.1 Å². The highest BCUT2D eigenvalue weighted by atomic mass is 16.1. The van der Waals surface area contributed by atoms with Crippen LogP contribution >= 0.6 is 0 Å². The Morgan fingerprint density at radius 3 is 2.83 bits per heavy atom. The monoisotopic (exact) mass is 473 g/mol. The number of amides is 1. The molecule has 5 heterocycles. The summed E-state index contributed by atoms with van der Waals surface area (Å²) < 4.78 is 0. The second-order valence-corrected chi connectivity index (χ2v) is 8.71. The summed E-state index contributed by atoms with van der Waals surface area (Å²) in [5.74, 6) is 0.834. The number of hydrogen-bond donors (Lipinski definition) is 4. The van der Waals surface area contributed by atoms with Crippen molar-refractivity contribution in [2.24, 2.45) is 0 Å². The molecule has 8 nitrogen and oxygen atoms in total. The molecule has 176 valence electrons. The molecule has 1 aliphatic rings. The molecule has 0 saturated heterocycles. The van der Waals surface area contributed by atoms with E-state index in [1.807, 2.05) is 61.5 Å². The van der Waals surface area contributed by atoms with E-state index in [9.17, 15) is 4.79 Å². The Morgan fingerprint density at radius 1 is 1.06 bits per heavy atom. The SMILES string of the molecule is CC1=CC=Cc2cc(-c3n[nH]c4cnc(-c5cncc(NC(=O)Cc6ccccc6)c5)cc34)[nH]c2N1. The Balaban J connectivity index is 1.28. The standard InChI is InChI=1S/C28H23N7O/c1-17-6-5-9-19-12-24(33-28(19)31-17)27-22-13-23(30-16-25(22)34-35-27)20-11-21(15-29-14-20)32-26(36)10-18-7-3-2-4-8-18/h2-9,11-16,31,33H,10H2,1H3,(H,32,36)(H,34,35). The third kappa shape index (κ3) is 4.27. The van der Waals surface area contributed by atoms with Gasteiger partial charge in [-0.25, -0.2) is 0 Å². The minimum Gasteiger partial charge on any atom is -0.345 e. The fourth-order valence-corrected chi connectivity index (χ4v) is 4.28. The first-order valence-electron chi connectivity index (χ1n) is 11.6. The van der Waals surface area contributed by atoms with Gasteiger partial charge in [-0.2, -0.15) is 5.10 Å². The first-order valence-corrected chi connectivity index (χ1v) is 11.6. The first-order chi connectivity index (χ1) is 17.6. The number of nitrogens with one attached hydrogen (secondary N) is 4. The van der Waals surface area contributed by atoms with Gasteiger partial charge in [0.2, 0.25) is 5.91 Å². The molecule has 1 aliphatic heterocycles. The summed E-state index contributed by atoms with van der Waals surface area (Å²) in [5.41, 5.74) is 7.77. The van der Waals surface area contributed by atoms with Crippen molar-refractivity contribution in [3.63, 3.8) is 0 Å². The van der Waals surface area contributed by atoms with Gasteiger partial charge in [0.25, 0.3) is 0 Å². The number of carbonyl (C=O) groups is 1. The van der Waals surface area contributed by atoms with Gasteiger partial charge < -0.3 is 15.6 Å². The second kappa shape index (κ2) is 8.99. The number of pyridine rings is 2. The Kier molecular flexibility index (Phi) is 5.38. The summed E-state index contributed by atoms with van der Waals surface area (Å²) in [5, 5.41) is 14.9. The normalized spacial score (nSPS) is 12.5. The largest absolute Gasteiger partial charge is 0.345 e. The van der Waals surface area contributed by atoms with E-state index in [1.165, 1.54) is 0 Å². The van der Waals surface area contributed by atoms with Crippen molar-refractivity contribution < 1.29 is 4.79 Å². The molecule has 0 atom stereocenters. The summed E-state index contributed by atoms with van der Waals surface area (Å²) in [4.78, 5) is 24.9. The summed E-state index contributed by atoms with van der Waals surface area (Å²) in [6, 6.07) is 15.6. The van der Waals surface area contributed by atoms with Gasteiger partial charge in [-0.3, -0.25) is 19.9 Å². The molecule has 1 aromatic carbocycles. The van der Waals surface area contributed by atoms with Gasteiger partial charge in [0.05, 0.1) is 41.4 Å². The Morgan fingerprint density at radius 2 is 1.94 bits per heavy atom. The number of allylic oxidation sites excluding steroid dienone is 3. The van der Waals surface area contributed by atoms with Gasteiger partial charge in [-0.15, -0.1) is 0 Å². The maximum atomic E-state index is 12.5. The van der Waals surface area contributed by atoms with E-state index < -0.39 is 0 Å². The number of aromatic amines is 2. The molecule has 36 heavy (non-hydrogen) atoms. The number of fused-ring (bicyclic) bond motifs is 2. The lowest BCUT2D eigenvalue weighted by Gasteiger charge is -2.07. The molecule has 0 radical (unpaired) electrons. The van der Waals surface area contributed by atoms with Crippen LogP contribution in [-0.2, 0) is 11.2 Å². The summed E-state index contributed by atoms with van der Waals surface area (Å²) in [7, 11) is 0. The van der Waals surface area contributed by atoms with Crippen LogP contribution in [-0.4, -0.2) is 31.1 Å². The fourth-order valence-electron chi connectivity index (χ4n) is 4.28. The van der Waals surface area contributed by atoms with Crippen LogP contribution in [0, 0.1) is 0 Å². The number of nitrogens with zero attached hydrogens (tertiary/aromatic N) is 3. The van der Waals surface area contributed by atoms with E-state index in [4.69, 9.17) is 0 Å². The lowest BCUT2D eigenvalue weighted by Crippen LogP contribution is -2.14. The van der Waals surface area contributed by atoms with Crippen molar-refractivity contribution in [1.29, 1.82) is 0 Å². The van der Waals surface area contributed by atoms with Crippen LogP contribution in [0.15, 0.2) is 85.0 Å². The first kappa shape index (κ1) is 21.5. The molecule has 0 spiro atoms. The zero-order valence-electron chi connectivity index (χ0n) is 19.5. The van der Waals surface area contributed by atoms with Crippen molar-refractivity contribution in [3.8, 4) is 22.6 Å². The lowest BCUT2D eigenvalue weighted by atomic mass is 10.1. The molecule has 1 amide bonds. The molecule has 8 heteroatoms. The third-order valence-electron chi connectivity index (χ3n) is 6.02. The van der Waals surface area contributed by atoms with Crippen LogP contribution in [0.1, 0.15) is 18.1 Å². The maximum absolute atomic E-state index is 12.5. The van der Waals surface area contributed by atoms with Gasteiger partial charge in [-0.1, -0.05) is 42.5 Å². The molecule has 0 saturated carbocycles. The van der Waals surface area contributed by atoms with Gasteiger partial charge >= 0.3 is 0 Å². The summed E-state index contributed by atoms with van der Waals surface area (Å²) in [6.07, 6.45) is 11.5. The van der Waals surface area contributed by atoms with Crippen LogP contribution in [0.5, 0.6) is 0 Å². The van der Waals surface area contributed by atoms with E-state index in [0.717, 1.165) is 56.2 Å². The fraction of sp³-hybridized carbons (Fsp3) is 0.0714. The van der Waals surface area contributed by atoms with E-state index in [0.29, 0.717) is 12.1 Å². The number of rotatable bonds is 5. The number of benzene rings is 1. The van der Waals surface area contributed by atoms with Crippen molar-refractivity contribution in [1.82, 2.24) is 25.1 Å². The Hall–Kier alpha value is -4.98. The highest BCUT2D eigenvalue weighted by molar-refractivity contribution is 5.96. The van der Waals surface area contributed by atoms with Crippen LogP contribution in [0.3, 0.4) is 0 Å². The Bertz CT molecular complexity index is 1640. The number of H-pyrrole nitrogens is 2. The van der Waals surface area contributed by atoms with Crippen molar-refractivity contribution in [2.75, 3.05) is 10.6 Å². The van der Waals surface area contributed by atoms with E-state index in [-0.39, 0.29) is 5.91 Å². The second-order valence-electron chi connectivity index (χ2n) is 8.71. The van der Waals surface area contributed by atoms with Crippen LogP contribution in [0.2, 0.25) is 0 Å². The van der Waals surface area contributed by atoms with Crippen LogP contribution < -0.4 is 10.6 Å². The predicted molar refractivity (Wildman–Crippen MR) is 142 cm³/mol. The van der Waals surface area contributed by atoms with Crippen LogP contribution in [0.25, 0.3) is 39.6 Å². The topological polar surface area (TPSA) is 111 Å². The highest BCUT2D eigenvalue weighted by Gasteiger charge is 2.16. The molecule has 0 bridgehead atoms. The number of aromatic nitrogens is 5. The molecule has 5 aromatic rings. The van der Waals surface area contributed by atoms with Gasteiger partial charge in [-0.05, 0) is 36.8 Å². The molecular weight excluding hydrogens is 450 g/mol. The maximum Gasteiger partial charge on any atom is 0.228 e. The predicted octanol–water partition coefficient (Wildman–Crippen LogP) is 5.54. The third-order valence-corrected chi connectivity index (χ3v) is 6.02. The Labute approximate surface area is 207 Å². The molecule has 6 rings (SSSR count). The van der Waals surface area contributed by atoms with E-state index >= 15 is 0 Å². The average Bonchev–Trinajstić information content (AvgIpc) is 3.43. The molecule has 4 aromatic heterocycles. The molecule has 0 unspecified atom stereocenters. The van der Waals surface area contributed by atoms with E-state index in [1.54, 1.807) is 18.6 Å². The molecule has 0 fully saturated rings. The quantitative estimate of drug-likeness (QED) is 0.268. The summed E-state index contributed by atoms with van der Waals surface area (Å²) in [6.45, 7) is 2.02. The smallest absolute Gasteiger partial charge is 0.228 e. The zero-order chi connectivity index (χ0) is 24.5. The molecular formula is C28H23N7O. The van der Waals surface area contributed by atoms with Crippen LogP contribution in [0.4, 0.5) is 11.5 Å². The van der Waals surface area contributed by atoms with Crippen molar-refractivity contribution >= 4 is 34.4 Å². The number of anilines is 2. The number of carbonyl (C=O) groups excluding carboxylic acids is 1. The lowest BCUT2D eigenvalue weighted by molar-refractivity contribution is -0.115. The summed E-state index contributed by atoms with van der Waals surface area (Å²) >= 11 is 0. The molecule has 4 N–H and O–H groups in total. The van der Waals surface area contributed by atoms with Gasteiger partial charge in [0.1, 0.15) is 11.5 Å².